The number of nitrogens with one attached hydrogen (secondary N) is 1. The molecule has 35 heavy (non-hydrogen) atoms. The van der Waals surface area contributed by atoms with Gasteiger partial charge in [0.25, 0.3) is 11.6 Å². The fourth-order valence-electron chi connectivity index (χ4n) is 2.97. The lowest BCUT2D eigenvalue weighted by atomic mass is 10.1. The Hall–Kier alpha value is -4.73. The Morgan fingerprint density at radius 2 is 1.57 bits per heavy atom. The van der Waals surface area contributed by atoms with Crippen molar-refractivity contribution in [3.05, 3.63) is 99.6 Å². The number of amides is 1. The highest BCUT2D eigenvalue weighted by molar-refractivity contribution is 5.99. The molecule has 0 heterocycles. The van der Waals surface area contributed by atoms with Gasteiger partial charge in [0.15, 0.2) is 6.10 Å². The Morgan fingerprint density at radius 1 is 0.943 bits per heavy atom. The van der Waals surface area contributed by atoms with E-state index < -0.39 is 34.6 Å². The van der Waals surface area contributed by atoms with Crippen LogP contribution in [-0.4, -0.2) is 36.0 Å². The zero-order valence-electron chi connectivity index (χ0n) is 18.9. The molecule has 0 radical (unpaired) electrons. The fraction of sp³-hybridized carbons (Fsp3) is 0.160. The lowest BCUT2D eigenvalue weighted by Gasteiger charge is -2.14. The number of carbonyl (C=O) groups excluding carboxylic acids is 3. The first-order chi connectivity index (χ1) is 16.8. The van der Waals surface area contributed by atoms with Crippen LogP contribution in [0.4, 0.5) is 11.4 Å². The number of nitro groups is 1. The van der Waals surface area contributed by atoms with E-state index in [4.69, 9.17) is 9.47 Å². The van der Waals surface area contributed by atoms with Gasteiger partial charge in [-0.15, -0.1) is 0 Å². The van der Waals surface area contributed by atoms with E-state index in [9.17, 15) is 24.5 Å². The second kappa shape index (κ2) is 11.4. The topological polar surface area (TPSA) is 134 Å². The summed E-state index contributed by atoms with van der Waals surface area (Å²) in [5.41, 5.74) is 0.516. The fourth-order valence-corrected chi connectivity index (χ4v) is 2.97. The van der Waals surface area contributed by atoms with E-state index in [0.29, 0.717) is 18.0 Å². The van der Waals surface area contributed by atoms with Gasteiger partial charge in [-0.2, -0.15) is 0 Å². The SMILES string of the molecule is COC(=O)c1cc(C(=O)OC(C)C(=O)Nc2ccc(OCc3ccccc3)cc2)cc([N+](=O)[O-])c1. The van der Waals surface area contributed by atoms with Crippen LogP contribution in [0.3, 0.4) is 0 Å². The zero-order chi connectivity index (χ0) is 25.4. The second-order valence-corrected chi connectivity index (χ2v) is 7.35. The number of carbonyl (C=O) groups is 3. The Bertz CT molecular complexity index is 1230. The molecule has 0 aliphatic carbocycles. The van der Waals surface area contributed by atoms with Crippen LogP contribution in [0.1, 0.15) is 33.2 Å². The van der Waals surface area contributed by atoms with E-state index in [0.717, 1.165) is 30.9 Å². The number of non-ortho nitro benzene ring substituents is 1. The van der Waals surface area contributed by atoms with Crippen molar-refractivity contribution in [2.75, 3.05) is 12.4 Å². The lowest BCUT2D eigenvalue weighted by Crippen LogP contribution is -2.30. The van der Waals surface area contributed by atoms with Gasteiger partial charge in [-0.3, -0.25) is 14.9 Å². The molecule has 1 unspecified atom stereocenters. The van der Waals surface area contributed by atoms with Crippen LogP contribution in [0, 0.1) is 10.1 Å². The molecule has 0 aliphatic rings. The third-order valence-electron chi connectivity index (χ3n) is 4.81. The summed E-state index contributed by atoms with van der Waals surface area (Å²) in [4.78, 5) is 47.1. The molecule has 1 atom stereocenters. The number of nitrogens with zero attached hydrogens (tertiary/aromatic N) is 1. The molecule has 10 heteroatoms. The third-order valence-corrected chi connectivity index (χ3v) is 4.81. The average molecular weight is 478 g/mol. The van der Waals surface area contributed by atoms with Gasteiger partial charge in [-0.1, -0.05) is 30.3 Å². The molecule has 3 aromatic carbocycles. The number of hydrogen-bond donors (Lipinski definition) is 1. The molecule has 0 saturated carbocycles. The van der Waals surface area contributed by atoms with Gasteiger partial charge >= 0.3 is 11.9 Å². The van der Waals surface area contributed by atoms with Crippen LogP contribution >= 0.6 is 0 Å². The van der Waals surface area contributed by atoms with Crippen molar-refractivity contribution in [2.24, 2.45) is 0 Å². The minimum Gasteiger partial charge on any atom is -0.489 e. The molecular formula is C25H22N2O8. The van der Waals surface area contributed by atoms with Crippen molar-refractivity contribution >= 4 is 29.2 Å². The third kappa shape index (κ3) is 6.87. The summed E-state index contributed by atoms with van der Waals surface area (Å²) in [5.74, 6) is -1.87. The molecule has 0 aliphatic heterocycles. The number of nitro benzene ring substituents is 1. The van der Waals surface area contributed by atoms with Crippen LogP contribution in [0.25, 0.3) is 0 Å². The highest BCUT2D eigenvalue weighted by Gasteiger charge is 2.23. The predicted molar refractivity (Wildman–Crippen MR) is 125 cm³/mol. The van der Waals surface area contributed by atoms with Crippen LogP contribution in [0.5, 0.6) is 5.75 Å². The van der Waals surface area contributed by atoms with Crippen molar-refractivity contribution in [3.63, 3.8) is 0 Å². The number of methoxy groups -OCH3 is 1. The lowest BCUT2D eigenvalue weighted by molar-refractivity contribution is -0.384. The monoisotopic (exact) mass is 478 g/mol. The van der Waals surface area contributed by atoms with E-state index in [-0.39, 0.29) is 11.1 Å². The number of benzene rings is 3. The first-order valence-electron chi connectivity index (χ1n) is 10.4. The Labute approximate surface area is 200 Å². The zero-order valence-corrected chi connectivity index (χ0v) is 18.9. The summed E-state index contributed by atoms with van der Waals surface area (Å²) in [5, 5.41) is 13.8. The van der Waals surface area contributed by atoms with E-state index in [1.54, 1.807) is 24.3 Å². The van der Waals surface area contributed by atoms with Crippen molar-refractivity contribution in [2.45, 2.75) is 19.6 Å². The largest absolute Gasteiger partial charge is 0.489 e. The van der Waals surface area contributed by atoms with Gasteiger partial charge < -0.3 is 19.5 Å². The minimum absolute atomic E-state index is 0.194. The molecule has 0 aromatic heterocycles. The molecule has 0 fully saturated rings. The molecular weight excluding hydrogens is 456 g/mol. The van der Waals surface area contributed by atoms with Gasteiger partial charge in [0.05, 0.1) is 23.2 Å². The van der Waals surface area contributed by atoms with Crippen molar-refractivity contribution in [1.82, 2.24) is 0 Å². The molecule has 0 saturated heterocycles. The first-order valence-corrected chi connectivity index (χ1v) is 10.4. The minimum atomic E-state index is -1.22. The van der Waals surface area contributed by atoms with E-state index in [1.165, 1.54) is 6.92 Å². The maximum absolute atomic E-state index is 12.5. The van der Waals surface area contributed by atoms with Gasteiger partial charge in [0.2, 0.25) is 0 Å². The smallest absolute Gasteiger partial charge is 0.339 e. The quantitative estimate of drug-likeness (QED) is 0.275. The standard InChI is InChI=1S/C25H22N2O8/c1-16(35-25(30)19-12-18(24(29)33-2)13-21(14-19)27(31)32)23(28)26-20-8-10-22(11-9-20)34-15-17-6-4-3-5-7-17/h3-14,16H,15H2,1-2H3,(H,26,28). The highest BCUT2D eigenvalue weighted by atomic mass is 16.6. The Balaban J connectivity index is 1.60. The summed E-state index contributed by atoms with van der Waals surface area (Å²) in [6.07, 6.45) is -1.22. The summed E-state index contributed by atoms with van der Waals surface area (Å²) in [7, 11) is 1.10. The molecule has 10 nitrogen and oxygen atoms in total. The maximum atomic E-state index is 12.5. The van der Waals surface area contributed by atoms with Crippen LogP contribution < -0.4 is 10.1 Å². The van der Waals surface area contributed by atoms with Crippen LogP contribution in [0.2, 0.25) is 0 Å². The Kier molecular flexibility index (Phi) is 8.12. The summed E-state index contributed by atoms with van der Waals surface area (Å²) in [6.45, 7) is 1.75. The van der Waals surface area contributed by atoms with Gasteiger partial charge in [0, 0.05) is 17.8 Å². The van der Waals surface area contributed by atoms with E-state index >= 15 is 0 Å². The molecule has 0 spiro atoms. The predicted octanol–water partition coefficient (Wildman–Crippen LogP) is 4.14. The number of hydrogen-bond acceptors (Lipinski definition) is 8. The average Bonchev–Trinajstić information content (AvgIpc) is 2.87. The molecule has 3 aromatic rings. The Morgan fingerprint density at radius 3 is 2.17 bits per heavy atom. The first kappa shape index (κ1) is 24.9. The van der Waals surface area contributed by atoms with Crippen LogP contribution in [0.15, 0.2) is 72.8 Å². The van der Waals surface area contributed by atoms with Crippen molar-refractivity contribution in [3.8, 4) is 5.75 Å². The van der Waals surface area contributed by atoms with Crippen molar-refractivity contribution < 1.29 is 33.5 Å². The number of ether oxygens (including phenoxy) is 3. The number of anilines is 1. The molecule has 1 N–H and O–H groups in total. The maximum Gasteiger partial charge on any atom is 0.339 e. The second-order valence-electron chi connectivity index (χ2n) is 7.35. The number of rotatable bonds is 9. The summed E-state index contributed by atoms with van der Waals surface area (Å²) in [6, 6.07) is 19.3. The molecule has 3 rings (SSSR count). The molecule has 180 valence electrons. The summed E-state index contributed by atoms with van der Waals surface area (Å²) < 4.78 is 15.4. The highest BCUT2D eigenvalue weighted by Crippen LogP contribution is 2.20. The normalized spacial score (nSPS) is 11.1. The van der Waals surface area contributed by atoms with E-state index in [1.807, 2.05) is 30.3 Å². The van der Waals surface area contributed by atoms with Crippen molar-refractivity contribution in [1.29, 1.82) is 0 Å². The number of esters is 2. The summed E-state index contributed by atoms with van der Waals surface area (Å²) >= 11 is 0. The molecule has 1 amide bonds. The van der Waals surface area contributed by atoms with Gasteiger partial charge in [-0.05, 0) is 42.8 Å². The molecule has 0 bridgehead atoms. The van der Waals surface area contributed by atoms with Crippen LogP contribution in [-0.2, 0) is 20.9 Å². The van der Waals surface area contributed by atoms with Gasteiger partial charge in [-0.25, -0.2) is 9.59 Å². The van der Waals surface area contributed by atoms with E-state index in [2.05, 4.69) is 10.1 Å². The van der Waals surface area contributed by atoms with Gasteiger partial charge in [0.1, 0.15) is 12.4 Å².